The fourth-order valence-corrected chi connectivity index (χ4v) is 4.67. The Hall–Kier alpha value is -2.09. The largest absolute Gasteiger partial charge is 0.336 e. The molecular weight excluding hydrogens is 340 g/mol. The number of fused-ring (bicyclic) bond motifs is 1. The van der Waals surface area contributed by atoms with Gasteiger partial charge in [0.1, 0.15) is 4.83 Å². The highest BCUT2D eigenvalue weighted by atomic mass is 32.1. The van der Waals surface area contributed by atoms with Gasteiger partial charge < -0.3 is 10.2 Å². The highest BCUT2D eigenvalue weighted by Crippen LogP contribution is 2.46. The highest BCUT2D eigenvalue weighted by Gasteiger charge is 2.38. The van der Waals surface area contributed by atoms with Gasteiger partial charge in [-0.15, -0.1) is 11.3 Å². The standard InChI is InChI=1S/C17H22N4O3S/c1-10-11(8-20-7-6-18-15(20)23)25-14-12(10)13(22)21(16(24)19(14)3)9-17(2)4-5-17/h4-9H2,1-3H3,(H,18,23). The van der Waals surface area contributed by atoms with E-state index >= 15 is 0 Å². The van der Waals surface area contributed by atoms with Crippen molar-refractivity contribution in [3.05, 3.63) is 31.3 Å². The van der Waals surface area contributed by atoms with Gasteiger partial charge in [-0.3, -0.25) is 13.9 Å². The average Bonchev–Trinajstić information content (AvgIpc) is 3.01. The molecule has 25 heavy (non-hydrogen) atoms. The Balaban J connectivity index is 1.84. The van der Waals surface area contributed by atoms with Crippen LogP contribution >= 0.6 is 11.3 Å². The number of rotatable bonds is 4. The third-order valence-corrected chi connectivity index (χ3v) is 6.78. The van der Waals surface area contributed by atoms with Gasteiger partial charge in [-0.25, -0.2) is 9.59 Å². The minimum absolute atomic E-state index is 0.0735. The number of urea groups is 1. The van der Waals surface area contributed by atoms with Crippen LogP contribution in [0.25, 0.3) is 10.2 Å². The van der Waals surface area contributed by atoms with Gasteiger partial charge in [-0.1, -0.05) is 6.92 Å². The first-order valence-electron chi connectivity index (χ1n) is 8.55. The molecule has 1 N–H and O–H groups in total. The minimum Gasteiger partial charge on any atom is -0.336 e. The number of aromatic nitrogens is 2. The van der Waals surface area contributed by atoms with E-state index in [-0.39, 0.29) is 22.7 Å². The van der Waals surface area contributed by atoms with Crippen LogP contribution in [0.1, 0.15) is 30.2 Å². The van der Waals surface area contributed by atoms with Crippen molar-refractivity contribution in [3.63, 3.8) is 0 Å². The topological polar surface area (TPSA) is 76.3 Å². The molecule has 7 nitrogen and oxygen atoms in total. The van der Waals surface area contributed by atoms with E-state index < -0.39 is 0 Å². The lowest BCUT2D eigenvalue weighted by molar-refractivity contribution is 0.216. The van der Waals surface area contributed by atoms with Gasteiger partial charge in [0, 0.05) is 31.6 Å². The summed E-state index contributed by atoms with van der Waals surface area (Å²) >= 11 is 1.44. The number of thiophene rings is 1. The number of amides is 2. The Morgan fingerprint density at radius 2 is 1.96 bits per heavy atom. The molecule has 0 spiro atoms. The quantitative estimate of drug-likeness (QED) is 0.893. The molecule has 0 unspecified atom stereocenters. The molecule has 4 rings (SSSR count). The van der Waals surface area contributed by atoms with Crippen molar-refractivity contribution in [1.82, 2.24) is 19.4 Å². The Bertz CT molecular complexity index is 996. The average molecular weight is 362 g/mol. The predicted octanol–water partition coefficient (Wildman–Crippen LogP) is 1.40. The molecule has 1 saturated heterocycles. The number of carbonyl (C=O) groups excluding carboxylic acids is 1. The van der Waals surface area contributed by atoms with Gasteiger partial charge in [0.05, 0.1) is 11.9 Å². The molecule has 2 aromatic heterocycles. The van der Waals surface area contributed by atoms with Gasteiger partial charge in [-0.05, 0) is 30.7 Å². The Kier molecular flexibility index (Phi) is 3.57. The van der Waals surface area contributed by atoms with Crippen molar-refractivity contribution in [3.8, 4) is 0 Å². The van der Waals surface area contributed by atoms with E-state index in [1.807, 2.05) is 6.92 Å². The molecule has 8 heteroatoms. The van der Waals surface area contributed by atoms with Crippen LogP contribution in [0.2, 0.25) is 0 Å². The number of hydrogen-bond donors (Lipinski definition) is 1. The molecule has 2 aromatic rings. The predicted molar refractivity (Wildman–Crippen MR) is 97.2 cm³/mol. The zero-order chi connectivity index (χ0) is 17.9. The Labute approximate surface area is 148 Å². The highest BCUT2D eigenvalue weighted by molar-refractivity contribution is 7.18. The number of carbonyl (C=O) groups is 1. The zero-order valence-corrected chi connectivity index (χ0v) is 15.5. The van der Waals surface area contributed by atoms with Crippen LogP contribution in [-0.2, 0) is 20.1 Å². The minimum atomic E-state index is -0.252. The summed E-state index contributed by atoms with van der Waals surface area (Å²) in [6.45, 7) is 6.29. The maximum Gasteiger partial charge on any atom is 0.331 e. The molecule has 0 aromatic carbocycles. The lowest BCUT2D eigenvalue weighted by Gasteiger charge is -2.13. The Morgan fingerprint density at radius 3 is 2.56 bits per heavy atom. The van der Waals surface area contributed by atoms with Crippen LogP contribution in [0.3, 0.4) is 0 Å². The molecule has 134 valence electrons. The van der Waals surface area contributed by atoms with E-state index in [9.17, 15) is 14.4 Å². The molecule has 1 saturated carbocycles. The summed E-state index contributed by atoms with van der Waals surface area (Å²) in [5.41, 5.74) is 0.508. The summed E-state index contributed by atoms with van der Waals surface area (Å²) in [6.07, 6.45) is 2.11. The van der Waals surface area contributed by atoms with Gasteiger partial charge >= 0.3 is 11.7 Å². The van der Waals surface area contributed by atoms with Gasteiger partial charge in [0.25, 0.3) is 5.56 Å². The van der Waals surface area contributed by atoms with Crippen molar-refractivity contribution in [1.29, 1.82) is 0 Å². The van der Waals surface area contributed by atoms with E-state index in [1.54, 1.807) is 16.5 Å². The SMILES string of the molecule is Cc1c(CN2CCNC2=O)sc2c1c(=O)n(CC1(C)CC1)c(=O)n2C. The first kappa shape index (κ1) is 16.4. The molecule has 1 aliphatic heterocycles. The summed E-state index contributed by atoms with van der Waals surface area (Å²) in [7, 11) is 1.72. The normalized spacial score (nSPS) is 18.8. The fourth-order valence-electron chi connectivity index (χ4n) is 3.40. The molecule has 2 aliphatic rings. The zero-order valence-electron chi connectivity index (χ0n) is 14.7. The molecule has 2 amide bonds. The van der Waals surface area contributed by atoms with E-state index in [4.69, 9.17) is 0 Å². The van der Waals surface area contributed by atoms with Crippen molar-refractivity contribution < 1.29 is 4.79 Å². The fraction of sp³-hybridized carbons (Fsp3) is 0.588. The monoisotopic (exact) mass is 362 g/mol. The van der Waals surface area contributed by atoms with Crippen LogP contribution in [0.5, 0.6) is 0 Å². The van der Waals surface area contributed by atoms with Gasteiger partial charge in [0.2, 0.25) is 0 Å². The third kappa shape index (κ3) is 2.59. The molecular formula is C17H22N4O3S. The number of hydrogen-bond acceptors (Lipinski definition) is 4. The molecule has 1 aliphatic carbocycles. The first-order valence-corrected chi connectivity index (χ1v) is 9.37. The molecule has 2 fully saturated rings. The second-order valence-electron chi connectivity index (χ2n) is 7.53. The smallest absolute Gasteiger partial charge is 0.331 e. The van der Waals surface area contributed by atoms with Crippen LogP contribution in [0.4, 0.5) is 4.79 Å². The molecule has 0 bridgehead atoms. The first-order chi connectivity index (χ1) is 11.8. The molecule has 3 heterocycles. The van der Waals surface area contributed by atoms with Crippen molar-refractivity contribution in [2.75, 3.05) is 13.1 Å². The third-order valence-electron chi connectivity index (χ3n) is 5.43. The van der Waals surface area contributed by atoms with E-state index in [1.165, 1.54) is 15.9 Å². The maximum atomic E-state index is 13.0. The second-order valence-corrected chi connectivity index (χ2v) is 8.61. The van der Waals surface area contributed by atoms with E-state index in [0.29, 0.717) is 36.4 Å². The number of nitrogens with zero attached hydrogens (tertiary/aromatic N) is 3. The summed E-state index contributed by atoms with van der Waals surface area (Å²) in [5, 5.41) is 3.40. The van der Waals surface area contributed by atoms with E-state index in [2.05, 4.69) is 12.2 Å². The van der Waals surface area contributed by atoms with Crippen LogP contribution < -0.4 is 16.6 Å². The van der Waals surface area contributed by atoms with Crippen molar-refractivity contribution >= 4 is 27.6 Å². The molecule has 0 radical (unpaired) electrons. The van der Waals surface area contributed by atoms with Gasteiger partial charge in [-0.2, -0.15) is 0 Å². The second kappa shape index (κ2) is 5.45. The summed E-state index contributed by atoms with van der Waals surface area (Å²) in [4.78, 5) is 40.9. The van der Waals surface area contributed by atoms with E-state index in [0.717, 1.165) is 23.3 Å². The van der Waals surface area contributed by atoms with Crippen molar-refractivity contribution in [2.45, 2.75) is 39.8 Å². The Morgan fingerprint density at radius 1 is 1.24 bits per heavy atom. The summed E-state index contributed by atoms with van der Waals surface area (Å²) < 4.78 is 2.97. The summed E-state index contributed by atoms with van der Waals surface area (Å²) in [6, 6.07) is -0.0789. The number of nitrogens with one attached hydrogen (secondary N) is 1. The number of aryl methyl sites for hydroxylation is 2. The van der Waals surface area contributed by atoms with Gasteiger partial charge in [0.15, 0.2) is 0 Å². The van der Waals surface area contributed by atoms with Crippen LogP contribution in [0, 0.1) is 12.3 Å². The summed E-state index contributed by atoms with van der Waals surface area (Å²) in [5.74, 6) is 0. The van der Waals surface area contributed by atoms with Crippen LogP contribution in [-0.4, -0.2) is 33.2 Å². The molecule has 0 atom stereocenters. The maximum absolute atomic E-state index is 13.0. The lowest BCUT2D eigenvalue weighted by atomic mass is 10.1. The van der Waals surface area contributed by atoms with Crippen molar-refractivity contribution in [2.24, 2.45) is 12.5 Å². The van der Waals surface area contributed by atoms with Crippen LogP contribution in [0.15, 0.2) is 9.59 Å². The lowest BCUT2D eigenvalue weighted by Crippen LogP contribution is -2.40.